The third-order valence-electron chi connectivity index (χ3n) is 2.94. The van der Waals surface area contributed by atoms with Gasteiger partial charge in [0.05, 0.1) is 5.69 Å². The van der Waals surface area contributed by atoms with Gasteiger partial charge >= 0.3 is 0 Å². The molecular weight excluding hydrogens is 212 g/mol. The molecule has 5 heteroatoms. The number of nitrogens with zero attached hydrogens (tertiary/aromatic N) is 4. The van der Waals surface area contributed by atoms with E-state index in [4.69, 9.17) is 11.6 Å². The van der Waals surface area contributed by atoms with Crippen LogP contribution in [0.15, 0.2) is 0 Å². The molecule has 0 N–H and O–H groups in total. The summed E-state index contributed by atoms with van der Waals surface area (Å²) in [4.78, 5) is 4.24. The monoisotopic (exact) mass is 222 g/mol. The van der Waals surface area contributed by atoms with Crippen LogP contribution in [0.3, 0.4) is 0 Å². The second-order valence-electron chi connectivity index (χ2n) is 4.06. The maximum atomic E-state index is 6.04. The van der Waals surface area contributed by atoms with Crippen LogP contribution in [0.1, 0.15) is 36.0 Å². The lowest BCUT2D eigenvalue weighted by atomic mass is 10.3. The van der Waals surface area contributed by atoms with Crippen LogP contribution in [0, 0.1) is 13.8 Å². The van der Waals surface area contributed by atoms with Gasteiger partial charge in [0.15, 0.2) is 10.8 Å². The van der Waals surface area contributed by atoms with Crippen molar-refractivity contribution in [3.05, 3.63) is 22.4 Å². The summed E-state index contributed by atoms with van der Waals surface area (Å²) in [6.07, 6.45) is 2.42. The molecule has 0 unspecified atom stereocenters. The summed E-state index contributed by atoms with van der Waals surface area (Å²) < 4.78 is 2.04. The fourth-order valence-corrected chi connectivity index (χ4v) is 2.06. The number of rotatable bonds is 1. The summed E-state index contributed by atoms with van der Waals surface area (Å²) in [6.45, 7) is 3.98. The Kier molecular flexibility index (Phi) is 1.77. The maximum absolute atomic E-state index is 6.04. The fraction of sp³-hybridized carbons (Fsp3) is 0.500. The molecule has 2 aromatic heterocycles. The van der Waals surface area contributed by atoms with Crippen molar-refractivity contribution in [2.24, 2.45) is 0 Å². The van der Waals surface area contributed by atoms with E-state index in [1.54, 1.807) is 0 Å². The Bertz CT molecular complexity index is 542. The van der Waals surface area contributed by atoms with Crippen molar-refractivity contribution in [2.45, 2.75) is 32.6 Å². The lowest BCUT2D eigenvalue weighted by Crippen LogP contribution is -2.02. The van der Waals surface area contributed by atoms with Crippen LogP contribution in [0.2, 0.25) is 5.15 Å². The summed E-state index contributed by atoms with van der Waals surface area (Å²) in [5, 5.41) is 8.75. The number of hydrogen-bond donors (Lipinski definition) is 0. The maximum Gasteiger partial charge on any atom is 0.198 e. The van der Waals surface area contributed by atoms with Crippen LogP contribution in [0.25, 0.3) is 5.65 Å². The third kappa shape index (κ3) is 1.24. The van der Waals surface area contributed by atoms with Crippen molar-refractivity contribution in [3.8, 4) is 0 Å². The zero-order valence-electron chi connectivity index (χ0n) is 8.66. The number of fused-ring (bicyclic) bond motifs is 1. The van der Waals surface area contributed by atoms with Crippen LogP contribution >= 0.6 is 11.6 Å². The Hall–Kier alpha value is -1.16. The predicted octanol–water partition coefficient (Wildman–Crippen LogP) is 2.27. The molecule has 15 heavy (non-hydrogen) atoms. The highest BCUT2D eigenvalue weighted by molar-refractivity contribution is 6.32. The van der Waals surface area contributed by atoms with Gasteiger partial charge in [-0.05, 0) is 26.7 Å². The minimum atomic E-state index is 0.442. The van der Waals surface area contributed by atoms with Gasteiger partial charge in [-0.15, -0.1) is 10.2 Å². The van der Waals surface area contributed by atoms with E-state index in [0.717, 1.165) is 17.2 Å². The number of aromatic nitrogens is 4. The molecule has 78 valence electrons. The van der Waals surface area contributed by atoms with Gasteiger partial charge in [-0.25, -0.2) is 4.98 Å². The zero-order chi connectivity index (χ0) is 10.6. The molecule has 0 aliphatic heterocycles. The van der Waals surface area contributed by atoms with Gasteiger partial charge in [0.25, 0.3) is 0 Å². The normalized spacial score (nSPS) is 16.2. The largest absolute Gasteiger partial charge is 0.279 e. The minimum Gasteiger partial charge on any atom is -0.279 e. The van der Waals surface area contributed by atoms with Crippen LogP contribution in [0.4, 0.5) is 0 Å². The molecule has 2 aromatic rings. The van der Waals surface area contributed by atoms with E-state index in [9.17, 15) is 0 Å². The van der Waals surface area contributed by atoms with Crippen LogP contribution in [-0.4, -0.2) is 19.6 Å². The molecule has 1 aliphatic rings. The molecule has 4 nitrogen and oxygen atoms in total. The molecule has 0 radical (unpaired) electrons. The first kappa shape index (κ1) is 9.09. The highest BCUT2D eigenvalue weighted by Crippen LogP contribution is 2.39. The van der Waals surface area contributed by atoms with E-state index < -0.39 is 0 Å². The number of aryl methyl sites for hydroxylation is 2. The minimum absolute atomic E-state index is 0.442. The van der Waals surface area contributed by atoms with Crippen LogP contribution in [-0.2, 0) is 0 Å². The highest BCUT2D eigenvalue weighted by Gasteiger charge is 2.30. The van der Waals surface area contributed by atoms with Gasteiger partial charge in [0, 0.05) is 11.6 Å². The van der Waals surface area contributed by atoms with Gasteiger partial charge in [0.2, 0.25) is 0 Å². The summed E-state index contributed by atoms with van der Waals surface area (Å²) in [6, 6.07) is 0. The van der Waals surface area contributed by atoms with Crippen molar-refractivity contribution >= 4 is 17.2 Å². The molecule has 0 amide bonds. The molecule has 1 aliphatic carbocycles. The molecular formula is C10H11ClN4. The second kappa shape index (κ2) is 2.92. The average molecular weight is 223 g/mol. The van der Waals surface area contributed by atoms with Gasteiger partial charge in [0.1, 0.15) is 5.82 Å². The lowest BCUT2D eigenvalue weighted by molar-refractivity contribution is 0.867. The fourth-order valence-electron chi connectivity index (χ4n) is 1.81. The smallest absolute Gasteiger partial charge is 0.198 e. The molecule has 0 atom stereocenters. The molecule has 0 aromatic carbocycles. The molecule has 1 saturated carbocycles. The Morgan fingerprint density at radius 3 is 2.67 bits per heavy atom. The topological polar surface area (TPSA) is 43.1 Å². The van der Waals surface area contributed by atoms with E-state index >= 15 is 0 Å². The predicted molar refractivity (Wildman–Crippen MR) is 57.2 cm³/mol. The highest BCUT2D eigenvalue weighted by atomic mass is 35.5. The van der Waals surface area contributed by atoms with Crippen molar-refractivity contribution in [2.75, 3.05) is 0 Å². The standard InChI is InChI=1S/C10H11ClN4/c1-5-6(2)15-9(7-3-4-7)13-14-10(15)8(11)12-5/h7H,3-4H2,1-2H3. The van der Waals surface area contributed by atoms with Crippen molar-refractivity contribution in [1.29, 1.82) is 0 Å². The van der Waals surface area contributed by atoms with E-state index in [0.29, 0.717) is 16.7 Å². The van der Waals surface area contributed by atoms with E-state index in [1.165, 1.54) is 12.8 Å². The van der Waals surface area contributed by atoms with Gasteiger partial charge in [-0.1, -0.05) is 11.6 Å². The van der Waals surface area contributed by atoms with Gasteiger partial charge < -0.3 is 0 Å². The SMILES string of the molecule is Cc1nc(Cl)c2nnc(C3CC3)n2c1C. The third-order valence-corrected chi connectivity index (χ3v) is 3.19. The summed E-state index contributed by atoms with van der Waals surface area (Å²) in [5.41, 5.74) is 2.71. The Balaban J connectivity index is 2.40. The first-order valence-electron chi connectivity index (χ1n) is 5.06. The summed E-state index contributed by atoms with van der Waals surface area (Å²) >= 11 is 6.04. The molecule has 0 bridgehead atoms. The van der Waals surface area contributed by atoms with E-state index in [-0.39, 0.29) is 0 Å². The van der Waals surface area contributed by atoms with Crippen molar-refractivity contribution in [3.63, 3.8) is 0 Å². The van der Waals surface area contributed by atoms with E-state index in [1.807, 2.05) is 18.2 Å². The average Bonchev–Trinajstić information content (AvgIpc) is 2.94. The van der Waals surface area contributed by atoms with Crippen molar-refractivity contribution < 1.29 is 0 Å². The molecule has 0 spiro atoms. The first-order valence-corrected chi connectivity index (χ1v) is 5.44. The van der Waals surface area contributed by atoms with Gasteiger partial charge in [-0.3, -0.25) is 4.40 Å². The lowest BCUT2D eigenvalue weighted by Gasteiger charge is -2.06. The first-order chi connectivity index (χ1) is 7.18. The Morgan fingerprint density at radius 2 is 2.00 bits per heavy atom. The van der Waals surface area contributed by atoms with Crippen LogP contribution < -0.4 is 0 Å². The zero-order valence-corrected chi connectivity index (χ0v) is 9.41. The quantitative estimate of drug-likeness (QED) is 0.744. The Labute approximate surface area is 92.3 Å². The molecule has 1 fully saturated rings. The molecule has 3 rings (SSSR count). The Morgan fingerprint density at radius 1 is 1.27 bits per heavy atom. The summed E-state index contributed by atoms with van der Waals surface area (Å²) in [5.74, 6) is 1.60. The molecule has 2 heterocycles. The number of hydrogen-bond acceptors (Lipinski definition) is 3. The number of halogens is 1. The van der Waals surface area contributed by atoms with E-state index in [2.05, 4.69) is 15.2 Å². The van der Waals surface area contributed by atoms with Crippen molar-refractivity contribution in [1.82, 2.24) is 19.6 Å². The van der Waals surface area contributed by atoms with Crippen LogP contribution in [0.5, 0.6) is 0 Å². The second-order valence-corrected chi connectivity index (χ2v) is 4.42. The van der Waals surface area contributed by atoms with Gasteiger partial charge in [-0.2, -0.15) is 0 Å². The molecule has 0 saturated heterocycles. The summed E-state index contributed by atoms with van der Waals surface area (Å²) in [7, 11) is 0.